The molecule has 2 fully saturated rings. The van der Waals surface area contributed by atoms with Crippen molar-refractivity contribution in [1.82, 2.24) is 0 Å². The largest absolute Gasteiger partial charge is 0.493 e. The molecule has 1 N–H and O–H groups in total. The van der Waals surface area contributed by atoms with Crippen LogP contribution in [0.1, 0.15) is 19.3 Å². The first-order valence-electron chi connectivity index (χ1n) is 9.61. The van der Waals surface area contributed by atoms with Crippen molar-refractivity contribution in [2.24, 2.45) is 11.8 Å². The Kier molecular flexibility index (Phi) is 5.19. The summed E-state index contributed by atoms with van der Waals surface area (Å²) in [6.45, 7) is 2.38. The molecule has 1 aliphatic carbocycles. The molecule has 0 radical (unpaired) electrons. The maximum absolute atomic E-state index is 10.9. The van der Waals surface area contributed by atoms with Gasteiger partial charge in [-0.3, -0.25) is 4.79 Å². The molecule has 5 nitrogen and oxygen atoms in total. The van der Waals surface area contributed by atoms with E-state index in [1.54, 1.807) is 0 Å². The van der Waals surface area contributed by atoms with Gasteiger partial charge in [-0.25, -0.2) is 0 Å². The third-order valence-corrected chi connectivity index (χ3v) is 5.33. The minimum absolute atomic E-state index is 0.153. The highest BCUT2D eigenvalue weighted by atomic mass is 16.5. The second-order valence-electron chi connectivity index (χ2n) is 7.39. The number of hydrogen-bond acceptors (Lipinski definition) is 4. The van der Waals surface area contributed by atoms with Gasteiger partial charge in [0.05, 0.1) is 19.1 Å². The van der Waals surface area contributed by atoms with E-state index in [1.807, 2.05) is 42.5 Å². The molecule has 2 aromatic carbocycles. The van der Waals surface area contributed by atoms with E-state index in [2.05, 4.69) is 17.0 Å². The van der Waals surface area contributed by atoms with Crippen LogP contribution in [0.3, 0.4) is 0 Å². The number of anilines is 1. The van der Waals surface area contributed by atoms with Crippen LogP contribution in [-0.4, -0.2) is 36.9 Å². The summed E-state index contributed by atoms with van der Waals surface area (Å²) in [5, 5.41) is 8.94. The Hall–Kier alpha value is -2.69. The standard InChI is InChI=1S/C22H25NO4/c24-22(25)21-13-16(21)15-26-18-10-8-17(9-11-18)23-12-4-7-20(14-23)27-19-5-2-1-3-6-19/h1-3,5-6,8-11,16,20-21H,4,7,12-15H2,(H,24,25)/t16-,20?,21-/m0/s1. The van der Waals surface area contributed by atoms with E-state index >= 15 is 0 Å². The number of piperidine rings is 1. The minimum Gasteiger partial charge on any atom is -0.493 e. The lowest BCUT2D eigenvalue weighted by molar-refractivity contribution is -0.138. The molecule has 1 heterocycles. The van der Waals surface area contributed by atoms with Crippen molar-refractivity contribution in [2.75, 3.05) is 24.6 Å². The lowest BCUT2D eigenvalue weighted by Gasteiger charge is -2.34. The SMILES string of the molecule is O=C(O)[C@H]1C[C@H]1COc1ccc(N2CCCC(Oc3ccccc3)C2)cc1. The van der Waals surface area contributed by atoms with Gasteiger partial charge in [-0.2, -0.15) is 0 Å². The highest BCUT2D eigenvalue weighted by Crippen LogP contribution is 2.39. The van der Waals surface area contributed by atoms with E-state index in [4.69, 9.17) is 14.6 Å². The molecule has 2 aromatic rings. The summed E-state index contributed by atoms with van der Waals surface area (Å²) in [6.07, 6.45) is 3.09. The number of para-hydroxylation sites is 1. The average Bonchev–Trinajstić information content (AvgIpc) is 3.48. The second-order valence-corrected chi connectivity index (χ2v) is 7.39. The smallest absolute Gasteiger partial charge is 0.306 e. The van der Waals surface area contributed by atoms with Crippen molar-refractivity contribution in [1.29, 1.82) is 0 Å². The number of benzene rings is 2. The van der Waals surface area contributed by atoms with Gasteiger partial charge in [0.2, 0.25) is 0 Å². The third-order valence-electron chi connectivity index (χ3n) is 5.33. The Morgan fingerprint density at radius 2 is 1.85 bits per heavy atom. The van der Waals surface area contributed by atoms with Crippen LogP contribution in [0.15, 0.2) is 54.6 Å². The van der Waals surface area contributed by atoms with Gasteiger partial charge >= 0.3 is 5.97 Å². The van der Waals surface area contributed by atoms with Crippen molar-refractivity contribution in [3.63, 3.8) is 0 Å². The average molecular weight is 367 g/mol. The van der Waals surface area contributed by atoms with Crippen LogP contribution in [0.4, 0.5) is 5.69 Å². The molecule has 142 valence electrons. The van der Waals surface area contributed by atoms with E-state index in [9.17, 15) is 4.79 Å². The number of carboxylic acid groups (broad SMARTS) is 1. The van der Waals surface area contributed by atoms with Crippen molar-refractivity contribution < 1.29 is 19.4 Å². The van der Waals surface area contributed by atoms with Crippen molar-refractivity contribution >= 4 is 11.7 Å². The molecule has 1 aliphatic heterocycles. The van der Waals surface area contributed by atoms with Crippen molar-refractivity contribution in [3.8, 4) is 11.5 Å². The molecule has 2 aliphatic rings. The lowest BCUT2D eigenvalue weighted by Crippen LogP contribution is -2.41. The number of ether oxygens (including phenoxy) is 2. The van der Waals surface area contributed by atoms with Gasteiger partial charge in [0.1, 0.15) is 17.6 Å². The maximum Gasteiger partial charge on any atom is 0.306 e. The van der Waals surface area contributed by atoms with Gasteiger partial charge in [0.25, 0.3) is 0 Å². The van der Waals surface area contributed by atoms with E-state index in [0.29, 0.717) is 6.61 Å². The van der Waals surface area contributed by atoms with Crippen LogP contribution in [0.25, 0.3) is 0 Å². The third kappa shape index (κ3) is 4.54. The predicted octanol–water partition coefficient (Wildman–Crippen LogP) is 3.83. The van der Waals surface area contributed by atoms with E-state index < -0.39 is 5.97 Å². The first kappa shape index (κ1) is 17.7. The summed E-state index contributed by atoms with van der Waals surface area (Å²) >= 11 is 0. The fraction of sp³-hybridized carbons (Fsp3) is 0.409. The van der Waals surface area contributed by atoms with Gasteiger partial charge < -0.3 is 19.5 Å². The molecule has 0 spiro atoms. The van der Waals surface area contributed by atoms with Gasteiger partial charge in [-0.1, -0.05) is 18.2 Å². The fourth-order valence-corrected chi connectivity index (χ4v) is 3.65. The number of carboxylic acids is 1. The van der Waals surface area contributed by atoms with Crippen molar-refractivity contribution in [2.45, 2.75) is 25.4 Å². The topological polar surface area (TPSA) is 59.0 Å². The second kappa shape index (κ2) is 7.91. The summed E-state index contributed by atoms with van der Waals surface area (Å²) in [6, 6.07) is 18.1. The fourth-order valence-electron chi connectivity index (χ4n) is 3.65. The summed E-state index contributed by atoms with van der Waals surface area (Å²) in [7, 11) is 0. The van der Waals surface area contributed by atoms with Gasteiger partial charge in [-0.15, -0.1) is 0 Å². The zero-order chi connectivity index (χ0) is 18.6. The molecular formula is C22H25NO4. The van der Waals surface area contributed by atoms with Crippen LogP contribution >= 0.6 is 0 Å². The summed E-state index contributed by atoms with van der Waals surface area (Å²) in [5.41, 5.74) is 1.17. The highest BCUT2D eigenvalue weighted by molar-refractivity contribution is 5.73. The monoisotopic (exact) mass is 367 g/mol. The molecule has 1 unspecified atom stereocenters. The van der Waals surface area contributed by atoms with Gasteiger partial charge in [-0.05, 0) is 55.7 Å². The van der Waals surface area contributed by atoms with Crippen LogP contribution in [-0.2, 0) is 4.79 Å². The molecule has 0 amide bonds. The molecule has 0 bridgehead atoms. The van der Waals surface area contributed by atoms with Crippen LogP contribution in [0.2, 0.25) is 0 Å². The number of nitrogens with zero attached hydrogens (tertiary/aromatic N) is 1. The summed E-state index contributed by atoms with van der Waals surface area (Å²) in [5.74, 6) is 0.937. The Morgan fingerprint density at radius 3 is 2.56 bits per heavy atom. The first-order valence-corrected chi connectivity index (χ1v) is 9.61. The van der Waals surface area contributed by atoms with E-state index in [1.165, 1.54) is 5.69 Å². The number of rotatable bonds is 7. The molecule has 4 rings (SSSR count). The van der Waals surface area contributed by atoms with Crippen LogP contribution < -0.4 is 14.4 Å². The maximum atomic E-state index is 10.9. The number of aliphatic carboxylic acids is 1. The minimum atomic E-state index is -0.712. The summed E-state index contributed by atoms with van der Waals surface area (Å²) in [4.78, 5) is 13.2. The van der Waals surface area contributed by atoms with E-state index in [0.717, 1.165) is 43.9 Å². The quantitative estimate of drug-likeness (QED) is 0.806. The molecule has 0 aromatic heterocycles. The van der Waals surface area contributed by atoms with Gasteiger partial charge in [0.15, 0.2) is 0 Å². The van der Waals surface area contributed by atoms with Crippen LogP contribution in [0, 0.1) is 11.8 Å². The molecule has 3 atom stereocenters. The Labute approximate surface area is 159 Å². The number of hydrogen-bond donors (Lipinski definition) is 1. The zero-order valence-electron chi connectivity index (χ0n) is 15.3. The van der Waals surface area contributed by atoms with Crippen LogP contribution in [0.5, 0.6) is 11.5 Å². The molecule has 27 heavy (non-hydrogen) atoms. The Morgan fingerprint density at radius 1 is 1.07 bits per heavy atom. The highest BCUT2D eigenvalue weighted by Gasteiger charge is 2.43. The lowest BCUT2D eigenvalue weighted by atomic mass is 10.1. The molecule has 5 heteroatoms. The first-order chi connectivity index (χ1) is 13.2. The van der Waals surface area contributed by atoms with E-state index in [-0.39, 0.29) is 17.9 Å². The Bertz CT molecular complexity index is 762. The molecule has 1 saturated carbocycles. The predicted molar refractivity (Wildman–Crippen MR) is 103 cm³/mol. The molecular weight excluding hydrogens is 342 g/mol. The summed E-state index contributed by atoms with van der Waals surface area (Å²) < 4.78 is 11.9. The normalized spacial score (nSPS) is 24.3. The van der Waals surface area contributed by atoms with Gasteiger partial charge in [0, 0.05) is 18.2 Å². The number of carbonyl (C=O) groups is 1. The Balaban J connectivity index is 1.29. The van der Waals surface area contributed by atoms with Crippen molar-refractivity contribution in [3.05, 3.63) is 54.6 Å². The molecule has 1 saturated heterocycles. The zero-order valence-corrected chi connectivity index (χ0v) is 15.3.